The van der Waals surface area contributed by atoms with E-state index in [0.29, 0.717) is 6.04 Å². The van der Waals surface area contributed by atoms with E-state index in [1.165, 1.54) is 19.3 Å². The summed E-state index contributed by atoms with van der Waals surface area (Å²) in [5.74, 6) is 0.00170. The molecule has 98 valence electrons. The number of hydrogen-bond acceptors (Lipinski definition) is 3. The van der Waals surface area contributed by atoms with Crippen molar-refractivity contribution < 1.29 is 9.53 Å². The fraction of sp³-hybridized carbons (Fsp3) is 0.923. The summed E-state index contributed by atoms with van der Waals surface area (Å²) in [6.07, 6.45) is 5.64. The van der Waals surface area contributed by atoms with E-state index in [1.54, 1.807) is 0 Å². The molecule has 2 aliphatic rings. The minimum atomic E-state index is -0.242. The smallest absolute Gasteiger partial charge is 0.234 e. The second kappa shape index (κ2) is 4.94. The zero-order valence-corrected chi connectivity index (χ0v) is 10.9. The lowest BCUT2D eigenvalue weighted by Crippen LogP contribution is -2.56. The van der Waals surface area contributed by atoms with Gasteiger partial charge in [0.15, 0.2) is 0 Å². The third-order valence-corrected chi connectivity index (χ3v) is 4.15. The standard InChI is InChI=1S/C13H24N2O2/c1-9(2)11(12(14)16)15-10-4-7-17-13(8-10)5-3-6-13/h9-11,15H,3-8H2,1-2H3,(H2,14,16). The SMILES string of the molecule is CC(C)C(NC1CCOC2(CCC2)C1)C(N)=O. The first-order chi connectivity index (χ1) is 8.02. The number of nitrogens with one attached hydrogen (secondary N) is 1. The van der Waals surface area contributed by atoms with Gasteiger partial charge in [0.2, 0.25) is 5.91 Å². The van der Waals surface area contributed by atoms with E-state index in [9.17, 15) is 4.79 Å². The molecule has 0 aromatic heterocycles. The molecule has 1 saturated heterocycles. The Bertz CT molecular complexity index is 287. The highest BCUT2D eigenvalue weighted by molar-refractivity contribution is 5.80. The summed E-state index contributed by atoms with van der Waals surface area (Å²) in [5.41, 5.74) is 5.56. The molecule has 0 radical (unpaired) electrons. The quantitative estimate of drug-likeness (QED) is 0.775. The maximum Gasteiger partial charge on any atom is 0.234 e. The van der Waals surface area contributed by atoms with Crippen molar-refractivity contribution in [3.63, 3.8) is 0 Å². The molecule has 4 heteroatoms. The summed E-state index contributed by atoms with van der Waals surface area (Å²) in [5, 5.41) is 3.42. The highest BCUT2D eigenvalue weighted by Gasteiger charge is 2.43. The Morgan fingerprint density at radius 2 is 2.18 bits per heavy atom. The van der Waals surface area contributed by atoms with Crippen LogP contribution in [0.1, 0.15) is 46.0 Å². The van der Waals surface area contributed by atoms with Gasteiger partial charge in [0.05, 0.1) is 11.6 Å². The van der Waals surface area contributed by atoms with Gasteiger partial charge in [-0.05, 0) is 38.0 Å². The average Bonchev–Trinajstić information content (AvgIpc) is 2.23. The largest absolute Gasteiger partial charge is 0.375 e. The minimum absolute atomic E-state index is 0.120. The highest BCUT2D eigenvalue weighted by Crippen LogP contribution is 2.42. The molecule has 4 nitrogen and oxygen atoms in total. The number of nitrogens with two attached hydrogens (primary N) is 1. The molecule has 0 aromatic rings. The number of amides is 1. The molecule has 1 heterocycles. The van der Waals surface area contributed by atoms with Crippen molar-refractivity contribution in [1.82, 2.24) is 5.32 Å². The molecule has 2 fully saturated rings. The predicted molar refractivity (Wildman–Crippen MR) is 66.5 cm³/mol. The summed E-state index contributed by atoms with van der Waals surface area (Å²) < 4.78 is 5.88. The predicted octanol–water partition coefficient (Wildman–Crippen LogP) is 1.19. The Balaban J connectivity index is 1.91. The van der Waals surface area contributed by atoms with Crippen LogP contribution in [0.4, 0.5) is 0 Å². The van der Waals surface area contributed by atoms with Gasteiger partial charge in [-0.2, -0.15) is 0 Å². The Morgan fingerprint density at radius 1 is 1.47 bits per heavy atom. The van der Waals surface area contributed by atoms with Crippen LogP contribution in [-0.2, 0) is 9.53 Å². The van der Waals surface area contributed by atoms with Crippen LogP contribution in [0.2, 0.25) is 0 Å². The van der Waals surface area contributed by atoms with Crippen LogP contribution >= 0.6 is 0 Å². The summed E-state index contributed by atoms with van der Waals surface area (Å²) in [7, 11) is 0. The molecular weight excluding hydrogens is 216 g/mol. The fourth-order valence-corrected chi connectivity index (χ4v) is 2.95. The maximum atomic E-state index is 11.4. The zero-order chi connectivity index (χ0) is 12.5. The van der Waals surface area contributed by atoms with Crippen molar-refractivity contribution in [3.05, 3.63) is 0 Å². The Labute approximate surface area is 103 Å². The van der Waals surface area contributed by atoms with Crippen LogP contribution in [0.3, 0.4) is 0 Å². The van der Waals surface area contributed by atoms with Gasteiger partial charge in [-0.3, -0.25) is 4.79 Å². The van der Waals surface area contributed by atoms with E-state index >= 15 is 0 Å². The summed E-state index contributed by atoms with van der Waals surface area (Å²) in [6.45, 7) is 4.86. The van der Waals surface area contributed by atoms with Gasteiger partial charge in [-0.25, -0.2) is 0 Å². The molecule has 2 unspecified atom stereocenters. The number of primary amides is 1. The molecule has 2 rings (SSSR count). The first-order valence-electron chi connectivity index (χ1n) is 6.72. The van der Waals surface area contributed by atoms with Crippen LogP contribution in [-0.4, -0.2) is 30.2 Å². The molecule has 1 aliphatic heterocycles. The van der Waals surface area contributed by atoms with Gasteiger partial charge < -0.3 is 15.8 Å². The lowest BCUT2D eigenvalue weighted by molar-refractivity contribution is -0.139. The van der Waals surface area contributed by atoms with Gasteiger partial charge in [-0.15, -0.1) is 0 Å². The van der Waals surface area contributed by atoms with Crippen molar-refractivity contribution in [3.8, 4) is 0 Å². The molecule has 3 N–H and O–H groups in total. The molecule has 1 saturated carbocycles. The first kappa shape index (κ1) is 12.8. The molecule has 17 heavy (non-hydrogen) atoms. The zero-order valence-electron chi connectivity index (χ0n) is 10.9. The van der Waals surface area contributed by atoms with Gasteiger partial charge in [0.25, 0.3) is 0 Å². The molecule has 0 bridgehead atoms. The summed E-state index contributed by atoms with van der Waals surface area (Å²) in [6, 6.07) is 0.166. The molecule has 1 aliphatic carbocycles. The molecule has 2 atom stereocenters. The van der Waals surface area contributed by atoms with Crippen molar-refractivity contribution in [2.45, 2.75) is 63.6 Å². The van der Waals surface area contributed by atoms with Crippen LogP contribution in [0.25, 0.3) is 0 Å². The van der Waals surface area contributed by atoms with E-state index in [1.807, 2.05) is 13.8 Å². The van der Waals surface area contributed by atoms with Crippen molar-refractivity contribution in [2.24, 2.45) is 11.7 Å². The maximum absolute atomic E-state index is 11.4. The van der Waals surface area contributed by atoms with Gasteiger partial charge in [0.1, 0.15) is 0 Å². The van der Waals surface area contributed by atoms with Crippen molar-refractivity contribution in [2.75, 3.05) is 6.61 Å². The Hall–Kier alpha value is -0.610. The van der Waals surface area contributed by atoms with Crippen LogP contribution in [0, 0.1) is 5.92 Å². The summed E-state index contributed by atoms with van der Waals surface area (Å²) >= 11 is 0. The molecule has 1 amide bonds. The van der Waals surface area contributed by atoms with Gasteiger partial charge >= 0.3 is 0 Å². The minimum Gasteiger partial charge on any atom is -0.375 e. The number of hydrogen-bond donors (Lipinski definition) is 2. The van der Waals surface area contributed by atoms with Crippen LogP contribution in [0.5, 0.6) is 0 Å². The topological polar surface area (TPSA) is 64.3 Å². The van der Waals surface area contributed by atoms with Gasteiger partial charge in [-0.1, -0.05) is 13.8 Å². The van der Waals surface area contributed by atoms with Crippen LogP contribution in [0.15, 0.2) is 0 Å². The van der Waals surface area contributed by atoms with Crippen molar-refractivity contribution in [1.29, 1.82) is 0 Å². The number of carbonyl (C=O) groups excluding carboxylic acids is 1. The second-order valence-electron chi connectivity index (χ2n) is 5.87. The Kier molecular flexibility index (Phi) is 3.73. The monoisotopic (exact) mass is 240 g/mol. The number of ether oxygens (including phenoxy) is 1. The van der Waals surface area contributed by atoms with Gasteiger partial charge in [0, 0.05) is 12.6 Å². The number of carbonyl (C=O) groups is 1. The normalized spacial score (nSPS) is 29.0. The second-order valence-corrected chi connectivity index (χ2v) is 5.87. The lowest BCUT2D eigenvalue weighted by atomic mass is 9.73. The average molecular weight is 240 g/mol. The highest BCUT2D eigenvalue weighted by atomic mass is 16.5. The molecule has 1 spiro atoms. The van der Waals surface area contributed by atoms with Crippen LogP contribution < -0.4 is 11.1 Å². The molecule has 0 aromatic carbocycles. The van der Waals surface area contributed by atoms with E-state index in [0.717, 1.165) is 19.4 Å². The first-order valence-corrected chi connectivity index (χ1v) is 6.72. The van der Waals surface area contributed by atoms with E-state index < -0.39 is 0 Å². The molecular formula is C13H24N2O2. The fourth-order valence-electron chi connectivity index (χ4n) is 2.95. The summed E-state index contributed by atoms with van der Waals surface area (Å²) in [4.78, 5) is 11.4. The Morgan fingerprint density at radius 3 is 2.65 bits per heavy atom. The third kappa shape index (κ3) is 2.80. The van der Waals surface area contributed by atoms with E-state index in [-0.39, 0.29) is 23.5 Å². The third-order valence-electron chi connectivity index (χ3n) is 4.15. The van der Waals surface area contributed by atoms with E-state index in [2.05, 4.69) is 5.32 Å². The van der Waals surface area contributed by atoms with E-state index in [4.69, 9.17) is 10.5 Å². The van der Waals surface area contributed by atoms with Crippen molar-refractivity contribution >= 4 is 5.91 Å². The number of rotatable bonds is 4. The lowest BCUT2D eigenvalue weighted by Gasteiger charge is -2.48.